The summed E-state index contributed by atoms with van der Waals surface area (Å²) in [5, 5.41) is 15.7. The van der Waals surface area contributed by atoms with Gasteiger partial charge in [0.05, 0.1) is 23.9 Å². The number of pyridine rings is 1. The molecule has 0 spiro atoms. The van der Waals surface area contributed by atoms with Crippen LogP contribution in [-0.4, -0.2) is 39.3 Å². The van der Waals surface area contributed by atoms with Crippen molar-refractivity contribution in [2.75, 3.05) is 13.1 Å². The van der Waals surface area contributed by atoms with E-state index in [0.29, 0.717) is 13.1 Å². The molecule has 1 fully saturated rings. The predicted octanol–water partition coefficient (Wildman–Crippen LogP) is 2.82. The lowest BCUT2D eigenvalue weighted by atomic mass is 9.94. The molecule has 0 radical (unpaired) electrons. The maximum Gasteiger partial charge on any atom is 0.150 e. The van der Waals surface area contributed by atoms with E-state index in [-0.39, 0.29) is 12.0 Å². The van der Waals surface area contributed by atoms with Crippen molar-refractivity contribution in [2.24, 2.45) is 5.92 Å². The number of aliphatic hydroxyl groups excluding tert-OH is 1. The van der Waals surface area contributed by atoms with E-state index in [2.05, 4.69) is 34.1 Å². The Kier molecular flexibility index (Phi) is 4.51. The number of hydrogen-bond donors (Lipinski definition) is 1. The Morgan fingerprint density at radius 2 is 2.12 bits per heavy atom. The summed E-state index contributed by atoms with van der Waals surface area (Å²) >= 11 is 0. The van der Waals surface area contributed by atoms with Crippen LogP contribution in [0.4, 0.5) is 0 Å². The molecule has 1 aliphatic heterocycles. The number of hydrogen-bond acceptors (Lipinski definition) is 5. The summed E-state index contributed by atoms with van der Waals surface area (Å²) in [7, 11) is 0. The monoisotopic (exact) mass is 337 g/mol. The van der Waals surface area contributed by atoms with Gasteiger partial charge in [-0.15, -0.1) is 0 Å². The molecule has 0 amide bonds. The van der Waals surface area contributed by atoms with Crippen LogP contribution < -0.4 is 0 Å². The smallest absolute Gasteiger partial charge is 0.150 e. The van der Waals surface area contributed by atoms with Gasteiger partial charge in [-0.05, 0) is 30.5 Å². The Morgan fingerprint density at radius 1 is 1.24 bits per heavy atom. The SMILES string of the molecule is CCc1cc(CN2C[C@@H](Cc3ccnc4ccccc34)[C@@H](O)C2)on1. The molecule has 0 aliphatic carbocycles. The number of likely N-dealkylation sites (tertiary alicyclic amines) is 1. The highest BCUT2D eigenvalue weighted by Gasteiger charge is 2.32. The normalized spacial score (nSPS) is 21.2. The van der Waals surface area contributed by atoms with Crippen LogP contribution in [-0.2, 0) is 19.4 Å². The third-order valence-electron chi connectivity index (χ3n) is 5.05. The van der Waals surface area contributed by atoms with E-state index in [9.17, 15) is 5.11 Å². The molecule has 5 nitrogen and oxygen atoms in total. The highest BCUT2D eigenvalue weighted by atomic mass is 16.5. The second-order valence-electron chi connectivity index (χ2n) is 6.85. The van der Waals surface area contributed by atoms with Crippen molar-refractivity contribution < 1.29 is 9.63 Å². The van der Waals surface area contributed by atoms with E-state index in [0.717, 1.165) is 36.4 Å². The summed E-state index contributed by atoms with van der Waals surface area (Å²) in [4.78, 5) is 6.67. The molecule has 4 rings (SSSR count). The number of aryl methyl sites for hydroxylation is 1. The van der Waals surface area contributed by atoms with Crippen molar-refractivity contribution in [3.8, 4) is 0 Å². The molecule has 3 aromatic rings. The molecule has 3 heterocycles. The van der Waals surface area contributed by atoms with E-state index in [4.69, 9.17) is 4.52 Å². The molecule has 2 aromatic heterocycles. The Hall–Kier alpha value is -2.24. The largest absolute Gasteiger partial charge is 0.391 e. The number of nitrogens with zero attached hydrogens (tertiary/aromatic N) is 3. The molecule has 0 unspecified atom stereocenters. The van der Waals surface area contributed by atoms with Crippen LogP contribution in [0.25, 0.3) is 10.9 Å². The van der Waals surface area contributed by atoms with Crippen molar-refractivity contribution in [3.63, 3.8) is 0 Å². The van der Waals surface area contributed by atoms with Crippen LogP contribution in [0.2, 0.25) is 0 Å². The van der Waals surface area contributed by atoms with Crippen molar-refractivity contribution in [1.29, 1.82) is 0 Å². The average molecular weight is 337 g/mol. The minimum atomic E-state index is -0.319. The third kappa shape index (κ3) is 3.43. The quantitative estimate of drug-likeness (QED) is 0.776. The van der Waals surface area contributed by atoms with Gasteiger partial charge in [-0.1, -0.05) is 30.3 Å². The molecule has 0 saturated carbocycles. The molecule has 1 aromatic carbocycles. The van der Waals surface area contributed by atoms with Gasteiger partial charge in [0.1, 0.15) is 0 Å². The van der Waals surface area contributed by atoms with Crippen molar-refractivity contribution in [2.45, 2.75) is 32.4 Å². The summed E-state index contributed by atoms with van der Waals surface area (Å²) < 4.78 is 5.38. The van der Waals surface area contributed by atoms with Crippen LogP contribution in [0.1, 0.15) is 23.9 Å². The maximum atomic E-state index is 10.5. The third-order valence-corrected chi connectivity index (χ3v) is 5.05. The summed E-state index contributed by atoms with van der Waals surface area (Å²) in [6.07, 6.45) is 3.28. The van der Waals surface area contributed by atoms with Gasteiger partial charge in [0.2, 0.25) is 0 Å². The lowest BCUT2D eigenvalue weighted by molar-refractivity contribution is 0.140. The van der Waals surface area contributed by atoms with Gasteiger partial charge in [-0.25, -0.2) is 0 Å². The molecule has 25 heavy (non-hydrogen) atoms. The van der Waals surface area contributed by atoms with E-state index in [1.165, 1.54) is 10.9 Å². The first-order chi connectivity index (χ1) is 12.2. The van der Waals surface area contributed by atoms with E-state index >= 15 is 0 Å². The second kappa shape index (κ2) is 6.94. The van der Waals surface area contributed by atoms with Gasteiger partial charge in [-0.2, -0.15) is 0 Å². The zero-order chi connectivity index (χ0) is 17.2. The highest BCUT2D eigenvalue weighted by Crippen LogP contribution is 2.26. The lowest BCUT2D eigenvalue weighted by Gasteiger charge is -2.15. The number of benzene rings is 1. The second-order valence-corrected chi connectivity index (χ2v) is 6.85. The summed E-state index contributed by atoms with van der Waals surface area (Å²) in [6.45, 7) is 4.31. The minimum absolute atomic E-state index is 0.222. The maximum absolute atomic E-state index is 10.5. The van der Waals surface area contributed by atoms with E-state index in [1.54, 1.807) is 0 Å². The van der Waals surface area contributed by atoms with Crippen LogP contribution >= 0.6 is 0 Å². The molecule has 1 N–H and O–H groups in total. The average Bonchev–Trinajstić information content (AvgIpc) is 3.22. The number of rotatable bonds is 5. The van der Waals surface area contributed by atoms with Gasteiger partial charge in [0.25, 0.3) is 0 Å². The van der Waals surface area contributed by atoms with E-state index in [1.807, 2.05) is 30.5 Å². The first-order valence-corrected chi connectivity index (χ1v) is 8.90. The fraction of sp³-hybridized carbons (Fsp3) is 0.400. The summed E-state index contributed by atoms with van der Waals surface area (Å²) in [5.41, 5.74) is 3.25. The lowest BCUT2D eigenvalue weighted by Crippen LogP contribution is -2.21. The molecule has 5 heteroatoms. The number of aliphatic hydroxyl groups is 1. The van der Waals surface area contributed by atoms with Gasteiger partial charge in [0.15, 0.2) is 5.76 Å². The Balaban J connectivity index is 1.46. The van der Waals surface area contributed by atoms with Crippen LogP contribution in [0.15, 0.2) is 47.1 Å². The first kappa shape index (κ1) is 16.2. The highest BCUT2D eigenvalue weighted by molar-refractivity contribution is 5.81. The predicted molar refractivity (Wildman–Crippen MR) is 96.1 cm³/mol. The van der Waals surface area contributed by atoms with Crippen LogP contribution in [0, 0.1) is 5.92 Å². The van der Waals surface area contributed by atoms with Gasteiger partial charge in [0, 0.05) is 36.7 Å². The van der Waals surface area contributed by atoms with E-state index < -0.39 is 0 Å². The van der Waals surface area contributed by atoms with Gasteiger partial charge >= 0.3 is 0 Å². The molecular weight excluding hydrogens is 314 g/mol. The number of β-amino-alcohol motifs (C(OH)–C–C–N with tert-alkyl or cyclic N) is 1. The summed E-state index contributed by atoms with van der Waals surface area (Å²) in [6, 6.07) is 12.3. The number of aromatic nitrogens is 2. The fourth-order valence-electron chi connectivity index (χ4n) is 3.70. The van der Waals surface area contributed by atoms with Gasteiger partial charge < -0.3 is 9.63 Å². The Labute approximate surface area is 147 Å². The Morgan fingerprint density at radius 3 is 2.96 bits per heavy atom. The fourth-order valence-corrected chi connectivity index (χ4v) is 3.70. The molecule has 130 valence electrons. The van der Waals surface area contributed by atoms with Crippen molar-refractivity contribution in [1.82, 2.24) is 15.0 Å². The van der Waals surface area contributed by atoms with Crippen LogP contribution in [0.5, 0.6) is 0 Å². The van der Waals surface area contributed by atoms with Crippen molar-refractivity contribution >= 4 is 10.9 Å². The molecule has 2 atom stereocenters. The first-order valence-electron chi connectivity index (χ1n) is 8.90. The number of fused-ring (bicyclic) bond motifs is 1. The topological polar surface area (TPSA) is 62.4 Å². The van der Waals surface area contributed by atoms with Gasteiger partial charge in [-0.3, -0.25) is 9.88 Å². The number of para-hydroxylation sites is 1. The Bertz CT molecular complexity index is 856. The molecule has 1 saturated heterocycles. The molecule has 1 aliphatic rings. The standard InChI is InChI=1S/C20H23N3O2/c1-2-16-10-17(25-22-16)12-23-11-15(20(24)13-23)9-14-7-8-21-19-6-4-3-5-18(14)19/h3-8,10,15,20,24H,2,9,11-13H2,1H3/t15-,20+/m1/s1. The van der Waals surface area contributed by atoms with Crippen LogP contribution in [0.3, 0.4) is 0 Å². The summed E-state index contributed by atoms with van der Waals surface area (Å²) in [5.74, 6) is 1.10. The zero-order valence-electron chi connectivity index (χ0n) is 14.4. The zero-order valence-corrected chi connectivity index (χ0v) is 14.4. The molecular formula is C20H23N3O2. The molecule has 0 bridgehead atoms. The van der Waals surface area contributed by atoms with Crippen molar-refractivity contribution in [3.05, 3.63) is 59.6 Å². The minimum Gasteiger partial charge on any atom is -0.391 e.